The molecule has 0 aliphatic carbocycles. The topological polar surface area (TPSA) is 112 Å². The Balaban J connectivity index is 0.000000383. The van der Waals surface area contributed by atoms with Crippen LogP contribution in [0.25, 0.3) is 0 Å². The van der Waals surface area contributed by atoms with Crippen LogP contribution in [-0.4, -0.2) is 108 Å². The molecular weight excluding hydrogens is 504 g/mol. The molecule has 0 radical (unpaired) electrons. The first-order chi connectivity index (χ1) is 16.6. The third-order valence-corrected chi connectivity index (χ3v) is 5.03. The molecule has 1 aromatic heterocycles. The van der Waals surface area contributed by atoms with Crippen LogP contribution in [-0.2, 0) is 25.6 Å². The second kappa shape index (κ2) is 14.3. The monoisotopic (exact) mass is 533 g/mol. The van der Waals surface area contributed by atoms with Crippen molar-refractivity contribution in [1.82, 2.24) is 14.8 Å². The summed E-state index contributed by atoms with van der Waals surface area (Å²) in [7, 11) is 4.15. The highest BCUT2D eigenvalue weighted by molar-refractivity contribution is 5.73. The Bertz CT molecular complexity index is 786. The second-order valence-corrected chi connectivity index (χ2v) is 8.11. The van der Waals surface area contributed by atoms with Gasteiger partial charge in [-0.05, 0) is 39.1 Å². The summed E-state index contributed by atoms with van der Waals surface area (Å²) in [5, 5.41) is 14.2. The molecule has 0 unspecified atom stereocenters. The molecule has 9 nitrogen and oxygen atoms in total. The highest BCUT2D eigenvalue weighted by Gasteiger charge is 2.44. The summed E-state index contributed by atoms with van der Waals surface area (Å²) in [6.07, 6.45) is -5.55. The lowest BCUT2D eigenvalue weighted by Gasteiger charge is -2.32. The molecule has 0 bridgehead atoms. The molecule has 0 amide bonds. The van der Waals surface area contributed by atoms with Gasteiger partial charge in [0.2, 0.25) is 0 Å². The quantitative estimate of drug-likeness (QED) is 0.533. The van der Waals surface area contributed by atoms with Gasteiger partial charge in [0.1, 0.15) is 6.10 Å². The number of likely N-dealkylation sites (N-methyl/N-ethyl adjacent to an activating group) is 1. The van der Waals surface area contributed by atoms with Gasteiger partial charge in [0.25, 0.3) is 0 Å². The Hall–Kier alpha value is -2.49. The van der Waals surface area contributed by atoms with E-state index in [1.165, 1.54) is 6.42 Å². The summed E-state index contributed by atoms with van der Waals surface area (Å²) in [6.45, 7) is 4.42. The van der Waals surface area contributed by atoms with Crippen LogP contribution in [0, 0.1) is 0 Å². The Labute approximate surface area is 203 Å². The van der Waals surface area contributed by atoms with Crippen molar-refractivity contribution in [2.45, 2.75) is 50.0 Å². The molecule has 0 saturated carbocycles. The zero-order valence-electron chi connectivity index (χ0n) is 19.6. The number of rotatable bonds is 6. The van der Waals surface area contributed by atoms with E-state index in [0.717, 1.165) is 45.0 Å². The van der Waals surface area contributed by atoms with Gasteiger partial charge >= 0.3 is 24.3 Å². The van der Waals surface area contributed by atoms with Crippen molar-refractivity contribution in [3.8, 4) is 0 Å². The summed E-state index contributed by atoms with van der Waals surface area (Å²) in [4.78, 5) is 26.9. The van der Waals surface area contributed by atoms with Gasteiger partial charge in [-0.25, -0.2) is 9.59 Å². The number of hydrogen-bond donors (Lipinski definition) is 2. The maximum atomic E-state index is 10.6. The number of alkyl halides is 6. The molecule has 0 spiro atoms. The Morgan fingerprint density at radius 2 is 1.72 bits per heavy atom. The summed E-state index contributed by atoms with van der Waals surface area (Å²) in [5.41, 5.74) is 1.13. The molecule has 15 heteroatoms. The molecule has 3 rings (SSSR count). The van der Waals surface area contributed by atoms with E-state index < -0.39 is 24.3 Å². The van der Waals surface area contributed by atoms with Crippen molar-refractivity contribution in [1.29, 1.82) is 0 Å². The minimum atomic E-state index is -5.08. The molecule has 2 saturated heterocycles. The largest absolute Gasteiger partial charge is 0.490 e. The highest BCUT2D eigenvalue weighted by Crippen LogP contribution is 2.31. The highest BCUT2D eigenvalue weighted by atomic mass is 19.4. The number of ether oxygens (including phenoxy) is 2. The van der Waals surface area contributed by atoms with Crippen molar-refractivity contribution < 1.29 is 55.6 Å². The van der Waals surface area contributed by atoms with Gasteiger partial charge in [0, 0.05) is 38.5 Å². The summed E-state index contributed by atoms with van der Waals surface area (Å²) in [5.74, 6) is -5.51. The number of carbonyl (C=O) groups is 2. The Kier molecular flexibility index (Phi) is 12.5. The van der Waals surface area contributed by atoms with Crippen LogP contribution in [0.1, 0.15) is 18.5 Å². The van der Waals surface area contributed by atoms with Crippen LogP contribution in [0.3, 0.4) is 0 Å². The van der Waals surface area contributed by atoms with Crippen LogP contribution < -0.4 is 0 Å². The van der Waals surface area contributed by atoms with Crippen LogP contribution in [0.2, 0.25) is 0 Å². The molecule has 1 aromatic rings. The first kappa shape index (κ1) is 31.5. The Morgan fingerprint density at radius 3 is 2.19 bits per heavy atom. The van der Waals surface area contributed by atoms with Gasteiger partial charge < -0.3 is 24.6 Å². The number of pyridine rings is 1. The minimum absolute atomic E-state index is 0.189. The van der Waals surface area contributed by atoms with Crippen molar-refractivity contribution in [2.24, 2.45) is 0 Å². The van der Waals surface area contributed by atoms with Gasteiger partial charge in [-0.3, -0.25) is 9.88 Å². The molecule has 2 N–H and O–H groups in total. The molecule has 0 aromatic carbocycles. The van der Waals surface area contributed by atoms with E-state index in [9.17, 15) is 26.3 Å². The third kappa shape index (κ3) is 11.5. The van der Waals surface area contributed by atoms with Gasteiger partial charge in [0.05, 0.1) is 18.4 Å². The standard InChI is InChI=1S/C17H27N3O2.2C2HF3O2/c1-19(2)9-11-21-16-13-20(12-14-6-3-4-8-18-14)15-7-5-10-22-17(15)16;2*3-2(4,5)1(6)7/h3-4,6,8,15-17H,5,7,9-13H2,1-2H3;2*(H,6,7)/t15-,16+,17+;;/m1../s1. The number of carboxylic acids is 2. The van der Waals surface area contributed by atoms with E-state index in [1.807, 2.05) is 12.3 Å². The molecule has 3 heterocycles. The fourth-order valence-electron chi connectivity index (χ4n) is 3.42. The predicted molar refractivity (Wildman–Crippen MR) is 113 cm³/mol. The number of aliphatic carboxylic acids is 2. The number of halogens is 6. The van der Waals surface area contributed by atoms with Crippen molar-refractivity contribution >= 4 is 11.9 Å². The van der Waals surface area contributed by atoms with Crippen LogP contribution in [0.4, 0.5) is 26.3 Å². The zero-order valence-corrected chi connectivity index (χ0v) is 19.6. The van der Waals surface area contributed by atoms with Crippen molar-refractivity contribution in [3.63, 3.8) is 0 Å². The number of nitrogens with zero attached hydrogens (tertiary/aromatic N) is 3. The van der Waals surface area contributed by atoms with E-state index in [-0.39, 0.29) is 12.2 Å². The number of carboxylic acid groups (broad SMARTS) is 2. The van der Waals surface area contributed by atoms with Gasteiger partial charge in [-0.2, -0.15) is 26.3 Å². The summed E-state index contributed by atoms with van der Waals surface area (Å²) >= 11 is 0. The second-order valence-electron chi connectivity index (χ2n) is 8.11. The smallest absolute Gasteiger partial charge is 0.475 e. The summed E-state index contributed by atoms with van der Waals surface area (Å²) in [6, 6.07) is 6.59. The van der Waals surface area contributed by atoms with Crippen LogP contribution in [0.5, 0.6) is 0 Å². The normalized spacial score (nSPS) is 22.1. The third-order valence-electron chi connectivity index (χ3n) is 5.03. The molecule has 2 aliphatic rings. The lowest BCUT2D eigenvalue weighted by molar-refractivity contribution is -0.193. The Morgan fingerprint density at radius 1 is 1.14 bits per heavy atom. The van der Waals surface area contributed by atoms with Gasteiger partial charge in [-0.15, -0.1) is 0 Å². The van der Waals surface area contributed by atoms with E-state index in [2.05, 4.69) is 41.0 Å². The minimum Gasteiger partial charge on any atom is -0.475 e. The molecule has 2 aliphatic heterocycles. The maximum Gasteiger partial charge on any atom is 0.490 e. The van der Waals surface area contributed by atoms with Gasteiger partial charge in [0.15, 0.2) is 0 Å². The number of hydrogen-bond acceptors (Lipinski definition) is 7. The first-order valence-corrected chi connectivity index (χ1v) is 10.7. The van der Waals surface area contributed by atoms with Crippen LogP contribution in [0.15, 0.2) is 24.4 Å². The SMILES string of the molecule is CN(C)CCO[C@H]1CN(Cc2ccccn2)[C@@H]2CCCO[C@H]12.O=C(O)C(F)(F)F.O=C(O)C(F)(F)F. The molecular formula is C21H29F6N3O6. The zero-order chi connectivity index (χ0) is 27.5. The predicted octanol–water partition coefficient (Wildman–Crippen LogP) is 2.66. The van der Waals surface area contributed by atoms with Gasteiger partial charge in [-0.1, -0.05) is 6.07 Å². The average Bonchev–Trinajstić information content (AvgIpc) is 3.11. The van der Waals surface area contributed by atoms with Crippen molar-refractivity contribution in [3.05, 3.63) is 30.1 Å². The molecule has 3 atom stereocenters. The molecule has 206 valence electrons. The maximum absolute atomic E-state index is 10.6. The number of aromatic nitrogens is 1. The lowest BCUT2D eigenvalue weighted by atomic mass is 10.0. The fourth-order valence-corrected chi connectivity index (χ4v) is 3.42. The van der Waals surface area contributed by atoms with E-state index in [4.69, 9.17) is 29.3 Å². The number of fused-ring (bicyclic) bond motifs is 1. The van der Waals surface area contributed by atoms with E-state index >= 15 is 0 Å². The summed E-state index contributed by atoms with van der Waals surface area (Å²) < 4.78 is 75.6. The number of likely N-dealkylation sites (tertiary alicyclic amines) is 1. The molecule has 36 heavy (non-hydrogen) atoms. The van der Waals surface area contributed by atoms with E-state index in [0.29, 0.717) is 6.04 Å². The van der Waals surface area contributed by atoms with Crippen LogP contribution >= 0.6 is 0 Å². The lowest BCUT2D eigenvalue weighted by Crippen LogP contribution is -2.42. The van der Waals surface area contributed by atoms with E-state index in [1.54, 1.807) is 0 Å². The molecule has 2 fully saturated rings. The first-order valence-electron chi connectivity index (χ1n) is 10.7. The average molecular weight is 533 g/mol. The van der Waals surface area contributed by atoms with Crippen molar-refractivity contribution in [2.75, 3.05) is 40.4 Å². The fraction of sp³-hybridized carbons (Fsp3) is 0.667.